The van der Waals surface area contributed by atoms with Crippen LogP contribution < -0.4 is 5.32 Å². The van der Waals surface area contributed by atoms with E-state index in [2.05, 4.69) is 26.2 Å². The van der Waals surface area contributed by atoms with Crippen LogP contribution in [0.1, 0.15) is 16.1 Å². The number of hydrogen-bond acceptors (Lipinski definition) is 2. The van der Waals surface area contributed by atoms with Crippen LogP contribution >= 0.6 is 50.7 Å². The first kappa shape index (κ1) is 15.6. The van der Waals surface area contributed by atoms with E-state index in [9.17, 15) is 4.79 Å². The molecule has 0 saturated heterocycles. The van der Waals surface area contributed by atoms with Crippen LogP contribution in [0.4, 0.5) is 5.69 Å². The molecule has 1 N–H and O–H groups in total. The van der Waals surface area contributed by atoms with Gasteiger partial charge in [0.2, 0.25) is 0 Å². The lowest BCUT2D eigenvalue weighted by atomic mass is 10.2. The second-order valence-electron chi connectivity index (χ2n) is 3.98. The van der Waals surface area contributed by atoms with E-state index in [0.717, 1.165) is 5.69 Å². The number of aryl methyl sites for hydroxylation is 1. The minimum absolute atomic E-state index is 0.255. The molecule has 0 saturated carbocycles. The molecule has 104 valence electrons. The summed E-state index contributed by atoms with van der Waals surface area (Å²) in [6.07, 6.45) is 1.42. The largest absolute Gasteiger partial charge is 0.320 e. The lowest BCUT2D eigenvalue weighted by molar-refractivity contribution is 0.102. The molecule has 0 aliphatic rings. The molecule has 0 spiro atoms. The summed E-state index contributed by atoms with van der Waals surface area (Å²) in [5.74, 6) is -0.400. The zero-order valence-electron chi connectivity index (χ0n) is 10.2. The Balaban J connectivity index is 2.30. The smallest absolute Gasteiger partial charge is 0.258 e. The van der Waals surface area contributed by atoms with E-state index in [-0.39, 0.29) is 10.6 Å². The number of carbonyl (C=O) groups excluding carboxylic acids is 1. The van der Waals surface area contributed by atoms with Crippen molar-refractivity contribution in [1.29, 1.82) is 0 Å². The fourth-order valence-electron chi connectivity index (χ4n) is 1.51. The van der Waals surface area contributed by atoms with Gasteiger partial charge in [0, 0.05) is 16.4 Å². The Hall–Kier alpha value is -0.810. The Morgan fingerprint density at radius 1 is 1.25 bits per heavy atom. The molecular formula is C13H8BrCl3N2O. The minimum atomic E-state index is -0.400. The first-order valence-corrected chi connectivity index (χ1v) is 7.40. The van der Waals surface area contributed by atoms with E-state index in [1.165, 1.54) is 6.20 Å². The van der Waals surface area contributed by atoms with Crippen molar-refractivity contribution in [2.24, 2.45) is 0 Å². The molecule has 1 aromatic carbocycles. The molecule has 3 nitrogen and oxygen atoms in total. The van der Waals surface area contributed by atoms with Crippen molar-refractivity contribution in [3.63, 3.8) is 0 Å². The Kier molecular flexibility index (Phi) is 4.91. The zero-order chi connectivity index (χ0) is 14.9. The summed E-state index contributed by atoms with van der Waals surface area (Å²) in [7, 11) is 0. The van der Waals surface area contributed by atoms with Gasteiger partial charge in [-0.15, -0.1) is 0 Å². The van der Waals surface area contributed by atoms with Gasteiger partial charge in [-0.1, -0.05) is 34.8 Å². The van der Waals surface area contributed by atoms with Gasteiger partial charge < -0.3 is 5.32 Å². The summed E-state index contributed by atoms with van der Waals surface area (Å²) < 4.78 is 0.650. The maximum absolute atomic E-state index is 12.1. The highest BCUT2D eigenvalue weighted by Crippen LogP contribution is 2.36. The van der Waals surface area contributed by atoms with Gasteiger partial charge in [0.05, 0.1) is 26.3 Å². The van der Waals surface area contributed by atoms with Crippen molar-refractivity contribution in [2.75, 3.05) is 5.32 Å². The van der Waals surface area contributed by atoms with E-state index in [0.29, 0.717) is 20.2 Å². The molecule has 2 rings (SSSR count). The van der Waals surface area contributed by atoms with Crippen molar-refractivity contribution in [3.8, 4) is 0 Å². The molecule has 0 aliphatic heterocycles. The Bertz CT molecular complexity index is 692. The quantitative estimate of drug-likeness (QED) is 0.696. The van der Waals surface area contributed by atoms with Crippen LogP contribution in [-0.2, 0) is 0 Å². The van der Waals surface area contributed by atoms with E-state index >= 15 is 0 Å². The predicted octanol–water partition coefficient (Wildman–Crippen LogP) is 5.37. The molecule has 0 bridgehead atoms. The van der Waals surface area contributed by atoms with Crippen LogP contribution in [0.3, 0.4) is 0 Å². The Morgan fingerprint density at radius 3 is 2.60 bits per heavy atom. The number of amides is 1. The van der Waals surface area contributed by atoms with Crippen LogP contribution in [-0.4, -0.2) is 10.9 Å². The van der Waals surface area contributed by atoms with Crippen LogP contribution in [0, 0.1) is 6.92 Å². The van der Waals surface area contributed by atoms with Gasteiger partial charge in [-0.3, -0.25) is 9.78 Å². The number of halogens is 4. The topological polar surface area (TPSA) is 42.0 Å². The van der Waals surface area contributed by atoms with Crippen molar-refractivity contribution in [2.45, 2.75) is 6.92 Å². The Morgan fingerprint density at radius 2 is 1.95 bits per heavy atom. The second kappa shape index (κ2) is 6.31. The highest BCUT2D eigenvalue weighted by molar-refractivity contribution is 9.10. The normalized spacial score (nSPS) is 10.4. The van der Waals surface area contributed by atoms with Crippen LogP contribution in [0.25, 0.3) is 0 Å². The number of carbonyl (C=O) groups is 1. The minimum Gasteiger partial charge on any atom is -0.320 e. The van der Waals surface area contributed by atoms with Crippen molar-refractivity contribution < 1.29 is 4.79 Å². The molecule has 2 aromatic rings. The molecule has 7 heteroatoms. The summed E-state index contributed by atoms with van der Waals surface area (Å²) >= 11 is 21.3. The highest BCUT2D eigenvalue weighted by atomic mass is 79.9. The van der Waals surface area contributed by atoms with Gasteiger partial charge in [0.1, 0.15) is 0 Å². The van der Waals surface area contributed by atoms with Crippen LogP contribution in [0.2, 0.25) is 15.1 Å². The van der Waals surface area contributed by atoms with Crippen molar-refractivity contribution in [1.82, 2.24) is 4.98 Å². The van der Waals surface area contributed by atoms with Gasteiger partial charge in [-0.05, 0) is 41.1 Å². The Labute approximate surface area is 139 Å². The predicted molar refractivity (Wildman–Crippen MR) is 86.1 cm³/mol. The number of pyridine rings is 1. The molecular weight excluding hydrogens is 386 g/mol. The third-order valence-electron chi connectivity index (χ3n) is 2.52. The number of benzene rings is 1. The van der Waals surface area contributed by atoms with Gasteiger partial charge in [0.15, 0.2) is 0 Å². The summed E-state index contributed by atoms with van der Waals surface area (Å²) in [6.45, 7) is 1.79. The highest BCUT2D eigenvalue weighted by Gasteiger charge is 2.15. The van der Waals surface area contributed by atoms with Crippen LogP contribution in [0.5, 0.6) is 0 Å². The zero-order valence-corrected chi connectivity index (χ0v) is 14.0. The number of nitrogens with zero attached hydrogens (tertiary/aromatic N) is 1. The molecule has 0 aliphatic carbocycles. The van der Waals surface area contributed by atoms with Gasteiger partial charge in [-0.25, -0.2) is 0 Å². The summed E-state index contributed by atoms with van der Waals surface area (Å²) in [4.78, 5) is 16.2. The molecule has 0 fully saturated rings. The standard InChI is InChI=1S/C13H8BrCl3N2O/c1-6-4-9(15)7(5-18-6)13(20)19-10-3-2-8(14)11(16)12(10)17/h2-5H,1H3,(H,19,20). The van der Waals surface area contributed by atoms with Crippen LogP contribution in [0.15, 0.2) is 28.9 Å². The fraction of sp³-hybridized carbons (Fsp3) is 0.0769. The van der Waals surface area contributed by atoms with Crippen molar-refractivity contribution in [3.05, 3.63) is 55.2 Å². The lowest BCUT2D eigenvalue weighted by Gasteiger charge is -2.10. The maximum Gasteiger partial charge on any atom is 0.258 e. The average molecular weight is 394 g/mol. The summed E-state index contributed by atoms with van der Waals surface area (Å²) in [6, 6.07) is 4.96. The summed E-state index contributed by atoms with van der Waals surface area (Å²) in [5.41, 5.74) is 1.41. The maximum atomic E-state index is 12.1. The third kappa shape index (κ3) is 3.26. The fourth-order valence-corrected chi connectivity index (χ4v) is 2.62. The van der Waals surface area contributed by atoms with Gasteiger partial charge in [-0.2, -0.15) is 0 Å². The van der Waals surface area contributed by atoms with E-state index in [1.54, 1.807) is 25.1 Å². The van der Waals surface area contributed by atoms with Gasteiger partial charge >= 0.3 is 0 Å². The monoisotopic (exact) mass is 392 g/mol. The van der Waals surface area contributed by atoms with E-state index < -0.39 is 5.91 Å². The molecule has 0 atom stereocenters. The second-order valence-corrected chi connectivity index (χ2v) is 6.00. The molecule has 20 heavy (non-hydrogen) atoms. The number of nitrogens with one attached hydrogen (secondary N) is 1. The SMILES string of the molecule is Cc1cc(Cl)c(C(=O)Nc2ccc(Br)c(Cl)c2Cl)cn1. The van der Waals surface area contributed by atoms with Gasteiger partial charge in [0.25, 0.3) is 5.91 Å². The molecule has 1 heterocycles. The first-order chi connectivity index (χ1) is 9.40. The van der Waals surface area contributed by atoms with E-state index in [1.807, 2.05) is 0 Å². The first-order valence-electron chi connectivity index (χ1n) is 5.47. The lowest BCUT2D eigenvalue weighted by Crippen LogP contribution is -2.13. The average Bonchev–Trinajstić information content (AvgIpc) is 2.39. The number of aromatic nitrogens is 1. The number of rotatable bonds is 2. The van der Waals surface area contributed by atoms with E-state index in [4.69, 9.17) is 34.8 Å². The van der Waals surface area contributed by atoms with Crippen molar-refractivity contribution >= 4 is 62.3 Å². The molecule has 1 aromatic heterocycles. The third-order valence-corrected chi connectivity index (χ3v) is 4.60. The molecule has 0 unspecified atom stereocenters. The summed E-state index contributed by atoms with van der Waals surface area (Å²) in [5, 5.41) is 3.57. The molecule has 0 radical (unpaired) electrons. The number of hydrogen-bond donors (Lipinski definition) is 1. The molecule has 1 amide bonds. The number of anilines is 1.